The minimum absolute atomic E-state index is 0.0130. The van der Waals surface area contributed by atoms with E-state index in [0.29, 0.717) is 11.4 Å². The third-order valence-electron chi connectivity index (χ3n) is 4.37. The van der Waals surface area contributed by atoms with Crippen molar-refractivity contribution in [2.45, 2.75) is 37.8 Å². The van der Waals surface area contributed by atoms with Crippen LogP contribution in [0.4, 0.5) is 5.82 Å². The Hall–Kier alpha value is -2.96. The minimum Gasteiger partial charge on any atom is -0.364 e. The van der Waals surface area contributed by atoms with Crippen LogP contribution in [0, 0.1) is 0 Å². The van der Waals surface area contributed by atoms with Gasteiger partial charge in [-0.1, -0.05) is 31.0 Å². The highest BCUT2D eigenvalue weighted by atomic mass is 16.2. The number of hydrogen-bond acceptors (Lipinski definition) is 5. The van der Waals surface area contributed by atoms with Gasteiger partial charge >= 0.3 is 0 Å². The lowest BCUT2D eigenvalue weighted by molar-refractivity contribution is 0.0922. The number of primary amides is 1. The molecular weight excluding hydrogens is 318 g/mol. The largest absolute Gasteiger partial charge is 0.364 e. The first-order chi connectivity index (χ1) is 12.1. The van der Waals surface area contributed by atoms with Crippen molar-refractivity contribution in [3.8, 4) is 0 Å². The van der Waals surface area contributed by atoms with E-state index in [0.717, 1.165) is 25.7 Å². The number of rotatable bonds is 5. The van der Waals surface area contributed by atoms with Crippen molar-refractivity contribution in [1.82, 2.24) is 15.5 Å². The SMILES string of the molecule is NC(=O)c1ccc(N[C@@H]2CCCC[C@H]2NC(=O)c2ccccc2)nn1. The van der Waals surface area contributed by atoms with Crippen molar-refractivity contribution in [2.24, 2.45) is 5.73 Å². The second-order valence-electron chi connectivity index (χ2n) is 6.15. The molecule has 1 fully saturated rings. The molecular formula is C18H21N5O2. The fourth-order valence-corrected chi connectivity index (χ4v) is 3.05. The second-order valence-corrected chi connectivity index (χ2v) is 6.15. The number of carbonyl (C=O) groups excluding carboxylic acids is 2. The summed E-state index contributed by atoms with van der Waals surface area (Å²) in [6, 6.07) is 12.5. The minimum atomic E-state index is -0.607. The second kappa shape index (κ2) is 7.74. The monoisotopic (exact) mass is 339 g/mol. The highest BCUT2D eigenvalue weighted by molar-refractivity contribution is 5.94. The van der Waals surface area contributed by atoms with Crippen LogP contribution in [-0.4, -0.2) is 34.1 Å². The highest BCUT2D eigenvalue weighted by Gasteiger charge is 2.27. The number of nitrogens with two attached hydrogens (primary N) is 1. The smallest absolute Gasteiger partial charge is 0.269 e. The lowest BCUT2D eigenvalue weighted by atomic mass is 9.90. The summed E-state index contributed by atoms with van der Waals surface area (Å²) in [6.45, 7) is 0. The number of carbonyl (C=O) groups is 2. The molecule has 1 aliphatic rings. The predicted octanol–water partition coefficient (Wildman–Crippen LogP) is 1.73. The standard InChI is InChI=1S/C18H21N5O2/c19-17(24)15-10-11-16(23-22-15)20-13-8-4-5-9-14(13)21-18(25)12-6-2-1-3-7-12/h1-3,6-7,10-11,13-14H,4-5,8-9H2,(H2,19,24)(H,20,23)(H,21,25)/t13-,14-/m1/s1. The third-order valence-corrected chi connectivity index (χ3v) is 4.37. The van der Waals surface area contributed by atoms with Gasteiger partial charge in [0.15, 0.2) is 5.69 Å². The zero-order valence-electron chi connectivity index (χ0n) is 13.8. The molecule has 0 radical (unpaired) electrons. The summed E-state index contributed by atoms with van der Waals surface area (Å²) in [5.74, 6) is -0.116. The Morgan fingerprint density at radius 3 is 2.32 bits per heavy atom. The van der Waals surface area contributed by atoms with Gasteiger partial charge in [-0.15, -0.1) is 10.2 Å². The Bertz CT molecular complexity index is 733. The Balaban J connectivity index is 1.66. The van der Waals surface area contributed by atoms with Gasteiger partial charge in [-0.05, 0) is 37.1 Å². The van der Waals surface area contributed by atoms with E-state index < -0.39 is 5.91 Å². The molecule has 0 unspecified atom stereocenters. The Labute approximate surface area is 146 Å². The number of aromatic nitrogens is 2. The van der Waals surface area contributed by atoms with E-state index >= 15 is 0 Å². The van der Waals surface area contributed by atoms with Crippen LogP contribution in [-0.2, 0) is 0 Å². The molecule has 2 atom stereocenters. The Kier molecular flexibility index (Phi) is 5.23. The molecule has 0 aliphatic heterocycles. The molecule has 0 bridgehead atoms. The van der Waals surface area contributed by atoms with Crippen LogP contribution in [0.25, 0.3) is 0 Å². The summed E-state index contributed by atoms with van der Waals surface area (Å²) >= 11 is 0. The molecule has 1 saturated carbocycles. The third kappa shape index (κ3) is 4.32. The van der Waals surface area contributed by atoms with Crippen molar-refractivity contribution in [2.75, 3.05) is 5.32 Å². The molecule has 4 N–H and O–H groups in total. The van der Waals surface area contributed by atoms with Gasteiger partial charge in [-0.2, -0.15) is 0 Å². The molecule has 1 aromatic heterocycles. The molecule has 1 heterocycles. The Morgan fingerprint density at radius 1 is 0.960 bits per heavy atom. The number of nitrogens with one attached hydrogen (secondary N) is 2. The van der Waals surface area contributed by atoms with Crippen molar-refractivity contribution in [1.29, 1.82) is 0 Å². The predicted molar refractivity (Wildman–Crippen MR) is 94.1 cm³/mol. The fraction of sp³-hybridized carbons (Fsp3) is 0.333. The summed E-state index contributed by atoms with van der Waals surface area (Å²) in [5, 5.41) is 14.2. The van der Waals surface area contributed by atoms with E-state index in [9.17, 15) is 9.59 Å². The zero-order chi connectivity index (χ0) is 17.6. The van der Waals surface area contributed by atoms with Crippen LogP contribution in [0.2, 0.25) is 0 Å². The molecule has 130 valence electrons. The van der Waals surface area contributed by atoms with Gasteiger partial charge in [0.05, 0.1) is 0 Å². The molecule has 7 heteroatoms. The summed E-state index contributed by atoms with van der Waals surface area (Å²) in [5.41, 5.74) is 5.95. The first-order valence-corrected chi connectivity index (χ1v) is 8.39. The number of benzene rings is 1. The molecule has 7 nitrogen and oxygen atoms in total. The van der Waals surface area contributed by atoms with Crippen LogP contribution in [0.1, 0.15) is 46.5 Å². The molecule has 1 aromatic carbocycles. The average Bonchev–Trinajstić information content (AvgIpc) is 2.64. The molecule has 25 heavy (non-hydrogen) atoms. The van der Waals surface area contributed by atoms with Gasteiger partial charge in [0.25, 0.3) is 11.8 Å². The Morgan fingerprint density at radius 2 is 1.68 bits per heavy atom. The van der Waals surface area contributed by atoms with E-state index in [2.05, 4.69) is 20.8 Å². The summed E-state index contributed by atoms with van der Waals surface area (Å²) in [4.78, 5) is 23.5. The van der Waals surface area contributed by atoms with Gasteiger partial charge in [0.1, 0.15) is 5.82 Å². The van der Waals surface area contributed by atoms with Crippen molar-refractivity contribution < 1.29 is 9.59 Å². The average molecular weight is 339 g/mol. The van der Waals surface area contributed by atoms with E-state index in [-0.39, 0.29) is 23.7 Å². The van der Waals surface area contributed by atoms with E-state index in [1.54, 1.807) is 18.2 Å². The quantitative estimate of drug-likeness (QED) is 0.768. The van der Waals surface area contributed by atoms with Gasteiger partial charge in [-0.25, -0.2) is 0 Å². The van der Waals surface area contributed by atoms with E-state index in [1.165, 1.54) is 6.07 Å². The lowest BCUT2D eigenvalue weighted by Crippen LogP contribution is -2.48. The molecule has 1 aliphatic carbocycles. The molecule has 3 rings (SSSR count). The summed E-state index contributed by atoms with van der Waals surface area (Å²) in [6.07, 6.45) is 3.99. The summed E-state index contributed by atoms with van der Waals surface area (Å²) < 4.78 is 0. The van der Waals surface area contributed by atoms with Gasteiger partial charge in [0, 0.05) is 17.6 Å². The maximum Gasteiger partial charge on any atom is 0.269 e. The maximum atomic E-state index is 12.4. The van der Waals surface area contributed by atoms with E-state index in [1.807, 2.05) is 18.2 Å². The van der Waals surface area contributed by atoms with Crippen LogP contribution < -0.4 is 16.4 Å². The van der Waals surface area contributed by atoms with Crippen LogP contribution in [0.3, 0.4) is 0 Å². The van der Waals surface area contributed by atoms with Gasteiger partial charge in [-0.3, -0.25) is 9.59 Å². The summed E-state index contributed by atoms with van der Waals surface area (Å²) in [7, 11) is 0. The fourth-order valence-electron chi connectivity index (χ4n) is 3.05. The number of anilines is 1. The molecule has 0 saturated heterocycles. The molecule has 2 amide bonds. The van der Waals surface area contributed by atoms with Crippen molar-refractivity contribution in [3.63, 3.8) is 0 Å². The maximum absolute atomic E-state index is 12.4. The van der Waals surface area contributed by atoms with Crippen LogP contribution in [0.5, 0.6) is 0 Å². The van der Waals surface area contributed by atoms with E-state index in [4.69, 9.17) is 5.73 Å². The first kappa shape index (κ1) is 16.9. The zero-order valence-corrected chi connectivity index (χ0v) is 13.8. The van der Waals surface area contributed by atoms with Crippen molar-refractivity contribution in [3.05, 3.63) is 53.7 Å². The van der Waals surface area contributed by atoms with Crippen LogP contribution in [0.15, 0.2) is 42.5 Å². The lowest BCUT2D eigenvalue weighted by Gasteiger charge is -2.33. The normalized spacial score (nSPS) is 19.8. The molecule has 2 aromatic rings. The van der Waals surface area contributed by atoms with Gasteiger partial charge in [0.2, 0.25) is 0 Å². The molecule has 0 spiro atoms. The number of hydrogen-bond donors (Lipinski definition) is 3. The topological polar surface area (TPSA) is 110 Å². The van der Waals surface area contributed by atoms with Crippen molar-refractivity contribution >= 4 is 17.6 Å². The van der Waals surface area contributed by atoms with Gasteiger partial charge < -0.3 is 16.4 Å². The number of nitrogens with zero attached hydrogens (tertiary/aromatic N) is 2. The highest BCUT2D eigenvalue weighted by Crippen LogP contribution is 2.22. The number of amides is 2. The van der Waals surface area contributed by atoms with Crippen LogP contribution >= 0.6 is 0 Å². The first-order valence-electron chi connectivity index (χ1n) is 8.39.